The Morgan fingerprint density at radius 1 is 0.864 bits per heavy atom. The summed E-state index contributed by atoms with van der Waals surface area (Å²) in [5.74, 6) is -3.62. The molecule has 3 rings (SSSR count). The maximum atomic E-state index is 12.4. The first-order chi connectivity index (χ1) is 9.91. The average molecular weight is 481 g/mol. The molecule has 2 aromatic rings. The van der Waals surface area contributed by atoms with Crippen LogP contribution in [0.3, 0.4) is 0 Å². The quantitative estimate of drug-likeness (QED) is 0.456. The van der Waals surface area contributed by atoms with Crippen molar-refractivity contribution in [2.24, 2.45) is 0 Å². The van der Waals surface area contributed by atoms with E-state index in [1.54, 1.807) is 0 Å². The van der Waals surface area contributed by atoms with E-state index in [1.165, 1.54) is 18.2 Å². The van der Waals surface area contributed by atoms with Gasteiger partial charge in [0.25, 0.3) is 0 Å². The Bertz CT molecular complexity index is 840. The molecule has 0 fully saturated rings. The van der Waals surface area contributed by atoms with Gasteiger partial charge in [0.2, 0.25) is 5.78 Å². The smallest absolute Gasteiger partial charge is 0.335 e. The number of fused-ring (bicyclic) bond motifs is 2. The largest absolute Gasteiger partial charge is 0.507 e. The molecule has 1 radical (unpaired) electrons. The van der Waals surface area contributed by atoms with Gasteiger partial charge in [0.15, 0.2) is 5.78 Å². The molecule has 0 saturated carbocycles. The summed E-state index contributed by atoms with van der Waals surface area (Å²) in [7, 11) is 0. The zero-order chi connectivity index (χ0) is 15.3. The molecule has 0 atom stereocenters. The fourth-order valence-electron chi connectivity index (χ4n) is 2.41. The van der Waals surface area contributed by atoms with Crippen molar-refractivity contribution in [1.29, 1.82) is 0 Å². The predicted molar refractivity (Wildman–Crippen MR) is 70.0 cm³/mol. The zero-order valence-electron chi connectivity index (χ0n) is 10.8. The SMILES string of the molecule is O=C(O)c1cc(O)c2c(c1)C(=O)c1cccc(O)c1C2=O.[Au]. The molecule has 0 unspecified atom stereocenters. The number of hydrogen-bond donors (Lipinski definition) is 3. The van der Waals surface area contributed by atoms with Gasteiger partial charge in [0, 0.05) is 33.5 Å². The van der Waals surface area contributed by atoms with Crippen LogP contribution in [0.2, 0.25) is 0 Å². The second-order valence-electron chi connectivity index (χ2n) is 4.58. The van der Waals surface area contributed by atoms with E-state index in [4.69, 9.17) is 5.11 Å². The summed E-state index contributed by atoms with van der Waals surface area (Å²) in [5.41, 5.74) is -0.978. The number of aromatic carboxylic acids is 1. The van der Waals surface area contributed by atoms with E-state index in [0.29, 0.717) is 0 Å². The number of carbonyl (C=O) groups excluding carboxylic acids is 2. The predicted octanol–water partition coefficient (Wildman–Crippen LogP) is 1.57. The molecule has 6 nitrogen and oxygen atoms in total. The van der Waals surface area contributed by atoms with Crippen molar-refractivity contribution in [3.8, 4) is 11.5 Å². The summed E-state index contributed by atoms with van der Waals surface area (Å²) in [4.78, 5) is 35.7. The number of phenols is 2. The maximum absolute atomic E-state index is 12.4. The average Bonchev–Trinajstić information content (AvgIpc) is 2.43. The number of ketones is 2. The minimum Gasteiger partial charge on any atom is -0.507 e. The van der Waals surface area contributed by atoms with E-state index in [9.17, 15) is 24.6 Å². The summed E-state index contributed by atoms with van der Waals surface area (Å²) >= 11 is 0. The molecule has 0 amide bonds. The van der Waals surface area contributed by atoms with Gasteiger partial charge in [-0.25, -0.2) is 4.79 Å². The van der Waals surface area contributed by atoms with Crippen LogP contribution in [0.15, 0.2) is 30.3 Å². The Morgan fingerprint density at radius 2 is 1.50 bits per heavy atom. The zero-order valence-corrected chi connectivity index (χ0v) is 12.9. The number of carboxylic acid groups (broad SMARTS) is 1. The molecule has 0 spiro atoms. The van der Waals surface area contributed by atoms with E-state index in [2.05, 4.69) is 0 Å². The van der Waals surface area contributed by atoms with Crippen LogP contribution < -0.4 is 0 Å². The van der Waals surface area contributed by atoms with Crippen LogP contribution in [-0.4, -0.2) is 32.9 Å². The first-order valence-electron chi connectivity index (χ1n) is 5.93. The molecule has 0 bridgehead atoms. The first kappa shape index (κ1) is 16.0. The van der Waals surface area contributed by atoms with Gasteiger partial charge in [-0.1, -0.05) is 12.1 Å². The van der Waals surface area contributed by atoms with Gasteiger partial charge in [-0.3, -0.25) is 9.59 Å². The standard InChI is InChI=1S/C15H8O6.Au/c16-9-3-1-2-7-11(9)14(19)12-8(13(7)18)4-6(15(20)21)5-10(12)17;/h1-5,16-17H,(H,20,21);. The molecule has 115 valence electrons. The van der Waals surface area contributed by atoms with E-state index >= 15 is 0 Å². The Labute approximate surface area is 139 Å². The number of aromatic hydroxyl groups is 2. The first-order valence-corrected chi connectivity index (χ1v) is 5.93. The Kier molecular flexibility index (Phi) is 3.93. The molecular weight excluding hydrogens is 473 g/mol. The Balaban J connectivity index is 0.00000176. The van der Waals surface area contributed by atoms with Crippen LogP contribution in [0.25, 0.3) is 0 Å². The summed E-state index contributed by atoms with van der Waals surface area (Å²) in [6.07, 6.45) is 0. The second-order valence-corrected chi connectivity index (χ2v) is 4.58. The third-order valence-corrected chi connectivity index (χ3v) is 3.35. The molecule has 3 N–H and O–H groups in total. The van der Waals surface area contributed by atoms with Gasteiger partial charge in [0.1, 0.15) is 11.5 Å². The number of phenolic OH excluding ortho intramolecular Hbond substituents is 2. The molecule has 7 heteroatoms. The van der Waals surface area contributed by atoms with Crippen LogP contribution >= 0.6 is 0 Å². The van der Waals surface area contributed by atoms with Crippen molar-refractivity contribution in [2.75, 3.05) is 0 Å². The number of carboxylic acids is 1. The second kappa shape index (κ2) is 5.42. The molecule has 0 heterocycles. The number of benzene rings is 2. The monoisotopic (exact) mass is 481 g/mol. The summed E-state index contributed by atoms with van der Waals surface area (Å²) in [5, 5.41) is 28.6. The number of carbonyl (C=O) groups is 3. The van der Waals surface area contributed by atoms with Gasteiger partial charge in [-0.15, -0.1) is 0 Å². The fourth-order valence-corrected chi connectivity index (χ4v) is 2.41. The van der Waals surface area contributed by atoms with Gasteiger partial charge in [0.05, 0.1) is 16.7 Å². The third kappa shape index (κ3) is 2.14. The van der Waals surface area contributed by atoms with E-state index in [1.807, 2.05) is 0 Å². The van der Waals surface area contributed by atoms with Crippen LogP contribution in [0, 0.1) is 0 Å². The van der Waals surface area contributed by atoms with Crippen molar-refractivity contribution in [2.45, 2.75) is 0 Å². The Hall–Kier alpha value is -2.41. The van der Waals surface area contributed by atoms with Crippen LogP contribution in [-0.2, 0) is 22.4 Å². The maximum Gasteiger partial charge on any atom is 0.335 e. The van der Waals surface area contributed by atoms with Gasteiger partial charge in [-0.2, -0.15) is 0 Å². The van der Waals surface area contributed by atoms with E-state index in [-0.39, 0.29) is 55.9 Å². The van der Waals surface area contributed by atoms with Gasteiger partial charge < -0.3 is 15.3 Å². The van der Waals surface area contributed by atoms with Crippen molar-refractivity contribution in [3.63, 3.8) is 0 Å². The molecule has 22 heavy (non-hydrogen) atoms. The molecule has 0 aliphatic heterocycles. The van der Waals surface area contributed by atoms with Crippen molar-refractivity contribution in [1.82, 2.24) is 0 Å². The summed E-state index contributed by atoms with van der Waals surface area (Å²) in [6.45, 7) is 0. The molecule has 1 aliphatic rings. The van der Waals surface area contributed by atoms with Crippen LogP contribution in [0.4, 0.5) is 0 Å². The minimum atomic E-state index is -1.32. The molecule has 0 saturated heterocycles. The molecular formula is C15H8AuO6. The van der Waals surface area contributed by atoms with Crippen LogP contribution in [0.5, 0.6) is 11.5 Å². The normalized spacial score (nSPS) is 12.2. The summed E-state index contributed by atoms with van der Waals surface area (Å²) < 4.78 is 0. The topological polar surface area (TPSA) is 112 Å². The fraction of sp³-hybridized carbons (Fsp3) is 0. The summed E-state index contributed by atoms with van der Waals surface area (Å²) in [6, 6.07) is 5.98. The van der Waals surface area contributed by atoms with Gasteiger partial charge in [-0.05, 0) is 18.2 Å². The Morgan fingerprint density at radius 3 is 2.14 bits per heavy atom. The molecule has 0 aromatic heterocycles. The van der Waals surface area contributed by atoms with E-state index < -0.39 is 23.3 Å². The van der Waals surface area contributed by atoms with Crippen molar-refractivity contribution < 1.29 is 52.1 Å². The molecule has 1 aliphatic carbocycles. The van der Waals surface area contributed by atoms with Gasteiger partial charge >= 0.3 is 5.97 Å². The van der Waals surface area contributed by atoms with Crippen molar-refractivity contribution in [3.05, 3.63) is 58.1 Å². The number of hydrogen-bond acceptors (Lipinski definition) is 5. The number of rotatable bonds is 1. The molecule has 2 aromatic carbocycles. The third-order valence-electron chi connectivity index (χ3n) is 3.35. The van der Waals surface area contributed by atoms with Crippen LogP contribution in [0.1, 0.15) is 42.2 Å². The van der Waals surface area contributed by atoms with E-state index in [0.717, 1.165) is 12.1 Å². The van der Waals surface area contributed by atoms with Crippen molar-refractivity contribution >= 4 is 17.5 Å². The minimum absolute atomic E-state index is 0.